The van der Waals surface area contributed by atoms with Crippen LogP contribution in [-0.2, 0) is 20.8 Å². The predicted molar refractivity (Wildman–Crippen MR) is 104 cm³/mol. The van der Waals surface area contributed by atoms with Gasteiger partial charge in [-0.1, -0.05) is 13.3 Å². The topological polar surface area (TPSA) is 90.9 Å². The Morgan fingerprint density at radius 2 is 2.08 bits per heavy atom. The predicted octanol–water partition coefficient (Wildman–Crippen LogP) is 0.657. The summed E-state index contributed by atoms with van der Waals surface area (Å²) in [5.41, 5.74) is 0. The average molecular weight is 393 g/mol. The molecule has 0 radical (unpaired) electrons. The molecular formula is C16H32N4O3S2. The lowest BCUT2D eigenvalue weighted by Crippen LogP contribution is -2.47. The Kier molecular flexibility index (Phi) is 8.15. The van der Waals surface area contributed by atoms with Crippen molar-refractivity contribution in [3.05, 3.63) is 0 Å². The van der Waals surface area contributed by atoms with E-state index < -0.39 is 20.8 Å². The van der Waals surface area contributed by atoms with Gasteiger partial charge >= 0.3 is 0 Å². The largest absolute Gasteiger partial charge is 0.357 e. The normalized spacial score (nSPS) is 28.6. The van der Waals surface area contributed by atoms with Crippen molar-refractivity contribution in [2.75, 3.05) is 37.7 Å². The van der Waals surface area contributed by atoms with Crippen molar-refractivity contribution in [1.82, 2.24) is 14.9 Å². The van der Waals surface area contributed by atoms with Crippen LogP contribution in [-0.4, -0.2) is 71.9 Å². The molecule has 0 aromatic carbocycles. The fourth-order valence-corrected chi connectivity index (χ4v) is 6.35. The van der Waals surface area contributed by atoms with Gasteiger partial charge in [-0.15, -0.1) is 0 Å². The van der Waals surface area contributed by atoms with Crippen molar-refractivity contribution >= 4 is 26.8 Å². The van der Waals surface area contributed by atoms with E-state index in [0.29, 0.717) is 26.1 Å². The number of hydrogen-bond acceptors (Lipinski definition) is 4. The lowest BCUT2D eigenvalue weighted by Gasteiger charge is -2.30. The van der Waals surface area contributed by atoms with E-state index in [1.807, 2.05) is 13.8 Å². The number of aliphatic imine (C=N–C) groups is 1. The zero-order valence-electron chi connectivity index (χ0n) is 15.4. The number of sulfonamides is 1. The van der Waals surface area contributed by atoms with Gasteiger partial charge in [-0.2, -0.15) is 0 Å². The highest BCUT2D eigenvalue weighted by Crippen LogP contribution is 2.23. The molecule has 7 nitrogen and oxygen atoms in total. The Labute approximate surface area is 154 Å². The zero-order chi connectivity index (χ0) is 18.3. The first-order valence-corrected chi connectivity index (χ1v) is 12.3. The van der Waals surface area contributed by atoms with Gasteiger partial charge in [0, 0.05) is 47.5 Å². The molecule has 3 atom stereocenters. The number of rotatable bonds is 7. The van der Waals surface area contributed by atoms with E-state index in [2.05, 4.69) is 15.6 Å². The Bertz CT molecular complexity index is 580. The Morgan fingerprint density at radius 3 is 2.72 bits per heavy atom. The highest BCUT2D eigenvalue weighted by molar-refractivity contribution is 7.89. The molecule has 0 aromatic heterocycles. The lowest BCUT2D eigenvalue weighted by atomic mass is 9.95. The second-order valence-corrected chi connectivity index (χ2v) is 10.7. The van der Waals surface area contributed by atoms with Crippen molar-refractivity contribution in [2.45, 2.75) is 57.2 Å². The molecule has 1 heterocycles. The highest BCUT2D eigenvalue weighted by atomic mass is 32.2. The molecule has 9 heteroatoms. The summed E-state index contributed by atoms with van der Waals surface area (Å²) < 4.78 is 37.3. The minimum absolute atomic E-state index is 0.257. The van der Waals surface area contributed by atoms with E-state index in [0.717, 1.165) is 43.9 Å². The van der Waals surface area contributed by atoms with E-state index in [4.69, 9.17) is 0 Å². The van der Waals surface area contributed by atoms with Crippen LogP contribution in [0.25, 0.3) is 0 Å². The van der Waals surface area contributed by atoms with Gasteiger partial charge in [-0.25, -0.2) is 12.7 Å². The fourth-order valence-electron chi connectivity index (χ4n) is 3.48. The number of nitrogens with one attached hydrogen (secondary N) is 2. The van der Waals surface area contributed by atoms with E-state index in [1.54, 1.807) is 0 Å². The van der Waals surface area contributed by atoms with Crippen LogP contribution in [0.1, 0.15) is 46.0 Å². The van der Waals surface area contributed by atoms with Crippen LogP contribution in [0.5, 0.6) is 0 Å². The SMILES string of the molecule is CCNC(=NCCN1CCCS1(=O)=O)NC1CCCC(S(=O)CC)C1. The summed E-state index contributed by atoms with van der Waals surface area (Å²) in [5.74, 6) is 1.70. The molecule has 1 saturated carbocycles. The summed E-state index contributed by atoms with van der Waals surface area (Å²) in [6.07, 6.45) is 4.80. The van der Waals surface area contributed by atoms with Crippen LogP contribution < -0.4 is 10.6 Å². The Morgan fingerprint density at radius 1 is 1.28 bits per heavy atom. The molecule has 1 aliphatic heterocycles. The maximum atomic E-state index is 12.1. The molecular weight excluding hydrogens is 360 g/mol. The quantitative estimate of drug-likeness (QED) is 0.491. The zero-order valence-corrected chi connectivity index (χ0v) is 17.0. The monoisotopic (exact) mass is 392 g/mol. The summed E-state index contributed by atoms with van der Waals surface area (Å²) in [5, 5.41) is 6.95. The van der Waals surface area contributed by atoms with E-state index in [1.165, 1.54) is 4.31 Å². The van der Waals surface area contributed by atoms with Gasteiger partial charge in [0.05, 0.1) is 12.3 Å². The smallest absolute Gasteiger partial charge is 0.214 e. The van der Waals surface area contributed by atoms with Gasteiger partial charge in [0.1, 0.15) is 0 Å². The minimum Gasteiger partial charge on any atom is -0.357 e. The van der Waals surface area contributed by atoms with Crippen LogP contribution in [0.4, 0.5) is 0 Å². The summed E-state index contributed by atoms with van der Waals surface area (Å²) >= 11 is 0. The molecule has 25 heavy (non-hydrogen) atoms. The van der Waals surface area contributed by atoms with Gasteiger partial charge in [0.15, 0.2) is 5.96 Å². The summed E-state index contributed by atoms with van der Waals surface area (Å²) in [4.78, 5) is 4.54. The molecule has 0 aromatic rings. The maximum Gasteiger partial charge on any atom is 0.214 e. The van der Waals surface area contributed by atoms with E-state index in [9.17, 15) is 12.6 Å². The summed E-state index contributed by atoms with van der Waals surface area (Å²) in [6, 6.07) is 0.280. The first-order chi connectivity index (χ1) is 12.0. The second kappa shape index (κ2) is 9.87. The molecule has 146 valence electrons. The summed E-state index contributed by atoms with van der Waals surface area (Å²) in [6.45, 7) is 6.24. The van der Waals surface area contributed by atoms with Crippen LogP contribution >= 0.6 is 0 Å². The van der Waals surface area contributed by atoms with E-state index >= 15 is 0 Å². The van der Waals surface area contributed by atoms with E-state index in [-0.39, 0.29) is 17.0 Å². The molecule has 0 spiro atoms. The lowest BCUT2D eigenvalue weighted by molar-refractivity contribution is 0.412. The second-order valence-electron chi connectivity index (χ2n) is 6.63. The number of guanidine groups is 1. The van der Waals surface area contributed by atoms with Crippen molar-refractivity contribution in [1.29, 1.82) is 0 Å². The number of hydrogen-bond donors (Lipinski definition) is 2. The number of nitrogens with zero attached hydrogens (tertiary/aromatic N) is 2. The minimum atomic E-state index is -3.05. The molecule has 2 N–H and O–H groups in total. The maximum absolute atomic E-state index is 12.1. The first-order valence-electron chi connectivity index (χ1n) is 9.36. The molecule has 2 fully saturated rings. The molecule has 2 aliphatic rings. The third kappa shape index (κ3) is 6.21. The molecule has 0 amide bonds. The van der Waals surface area contributed by atoms with Gasteiger partial charge in [0.25, 0.3) is 0 Å². The van der Waals surface area contributed by atoms with Crippen molar-refractivity contribution in [2.24, 2.45) is 4.99 Å². The molecule has 1 aliphatic carbocycles. The van der Waals surface area contributed by atoms with Crippen molar-refractivity contribution in [3.8, 4) is 0 Å². The Balaban J connectivity index is 1.87. The standard InChI is InChI=1S/C16H32N4O3S2/c1-3-17-16(18-9-11-20-10-6-12-25(20,22)23)19-14-7-5-8-15(13-14)24(21)4-2/h14-15H,3-13H2,1-2H3,(H2,17,18,19). The average Bonchev–Trinajstić information content (AvgIpc) is 2.93. The molecule has 0 bridgehead atoms. The van der Waals surface area contributed by atoms with Gasteiger partial charge in [0.2, 0.25) is 10.0 Å². The summed E-state index contributed by atoms with van der Waals surface area (Å²) in [7, 11) is -3.80. The highest BCUT2D eigenvalue weighted by Gasteiger charge is 2.28. The van der Waals surface area contributed by atoms with Gasteiger partial charge in [-0.05, 0) is 32.6 Å². The molecule has 3 unspecified atom stereocenters. The van der Waals surface area contributed by atoms with Crippen molar-refractivity contribution < 1.29 is 12.6 Å². The van der Waals surface area contributed by atoms with Crippen molar-refractivity contribution in [3.63, 3.8) is 0 Å². The van der Waals surface area contributed by atoms with Gasteiger partial charge in [-0.3, -0.25) is 9.20 Å². The fraction of sp³-hybridized carbons (Fsp3) is 0.938. The first kappa shape index (κ1) is 20.6. The third-order valence-electron chi connectivity index (χ3n) is 4.79. The molecule has 2 rings (SSSR count). The van der Waals surface area contributed by atoms with Crippen LogP contribution in [0, 0.1) is 0 Å². The molecule has 1 saturated heterocycles. The van der Waals surface area contributed by atoms with Gasteiger partial charge < -0.3 is 10.6 Å². The van der Waals surface area contributed by atoms with Crippen LogP contribution in [0.3, 0.4) is 0 Å². The van der Waals surface area contributed by atoms with Crippen LogP contribution in [0.2, 0.25) is 0 Å². The van der Waals surface area contributed by atoms with Crippen LogP contribution in [0.15, 0.2) is 4.99 Å². The Hall–Kier alpha value is -0.670. The third-order valence-corrected chi connectivity index (χ3v) is 8.49.